The monoisotopic (exact) mass is 265 g/mol. The molecule has 0 aliphatic carbocycles. The fraction of sp³-hybridized carbons (Fsp3) is 0.533. The number of ether oxygens (including phenoxy) is 2. The van der Waals surface area contributed by atoms with E-state index >= 15 is 0 Å². The van der Waals surface area contributed by atoms with Crippen molar-refractivity contribution in [2.24, 2.45) is 0 Å². The molecule has 4 nitrogen and oxygen atoms in total. The van der Waals surface area contributed by atoms with Crippen molar-refractivity contribution < 1.29 is 14.3 Å². The van der Waals surface area contributed by atoms with E-state index in [9.17, 15) is 4.79 Å². The predicted molar refractivity (Wildman–Crippen MR) is 74.7 cm³/mol. The van der Waals surface area contributed by atoms with Crippen molar-refractivity contribution in [2.45, 2.75) is 32.9 Å². The Hall–Kier alpha value is -1.39. The van der Waals surface area contributed by atoms with Gasteiger partial charge < -0.3 is 14.8 Å². The van der Waals surface area contributed by atoms with Crippen molar-refractivity contribution in [3.8, 4) is 0 Å². The molecule has 0 radical (unpaired) electrons. The molecule has 1 rings (SSSR count). The third-order valence-electron chi connectivity index (χ3n) is 2.86. The van der Waals surface area contributed by atoms with Crippen LogP contribution in [0.4, 0.5) is 0 Å². The standard InChI is InChI=1S/C15H23NO3/c1-3-19-12-14-8-5-4-7-13(14)11-16-10-6-9-15(17)18-2/h4-5,7-8,16H,3,6,9-12H2,1-2H3. The molecule has 0 bridgehead atoms. The summed E-state index contributed by atoms with van der Waals surface area (Å²) in [6.07, 6.45) is 1.25. The first kappa shape index (κ1) is 15.7. The summed E-state index contributed by atoms with van der Waals surface area (Å²) in [5, 5.41) is 3.33. The Labute approximate surface area is 115 Å². The third kappa shape index (κ3) is 6.36. The van der Waals surface area contributed by atoms with E-state index in [2.05, 4.69) is 22.2 Å². The summed E-state index contributed by atoms with van der Waals surface area (Å²) in [5.74, 6) is -0.154. The van der Waals surface area contributed by atoms with Crippen LogP contribution < -0.4 is 5.32 Å². The minimum atomic E-state index is -0.154. The molecule has 19 heavy (non-hydrogen) atoms. The first-order chi connectivity index (χ1) is 9.27. The van der Waals surface area contributed by atoms with E-state index in [-0.39, 0.29) is 5.97 Å². The Morgan fingerprint density at radius 3 is 2.68 bits per heavy atom. The fourth-order valence-electron chi connectivity index (χ4n) is 1.77. The summed E-state index contributed by atoms with van der Waals surface area (Å²) in [6.45, 7) is 4.97. The molecular formula is C15H23NO3. The number of benzene rings is 1. The molecule has 1 aromatic carbocycles. The summed E-state index contributed by atoms with van der Waals surface area (Å²) in [6, 6.07) is 8.23. The van der Waals surface area contributed by atoms with E-state index in [0.29, 0.717) is 13.0 Å². The molecule has 0 saturated heterocycles. The maximum atomic E-state index is 11.0. The first-order valence-corrected chi connectivity index (χ1v) is 6.70. The third-order valence-corrected chi connectivity index (χ3v) is 2.86. The molecular weight excluding hydrogens is 242 g/mol. The number of nitrogens with one attached hydrogen (secondary N) is 1. The smallest absolute Gasteiger partial charge is 0.305 e. The topological polar surface area (TPSA) is 47.6 Å². The van der Waals surface area contributed by atoms with E-state index in [1.807, 2.05) is 19.1 Å². The van der Waals surface area contributed by atoms with Gasteiger partial charge in [0.1, 0.15) is 0 Å². The van der Waals surface area contributed by atoms with E-state index in [0.717, 1.165) is 26.1 Å². The number of carbonyl (C=O) groups is 1. The summed E-state index contributed by atoms with van der Waals surface area (Å²) in [5.41, 5.74) is 2.46. The Kier molecular flexibility index (Phi) is 7.86. The van der Waals surface area contributed by atoms with E-state index < -0.39 is 0 Å². The number of hydrogen-bond acceptors (Lipinski definition) is 4. The van der Waals surface area contributed by atoms with Crippen LogP contribution >= 0.6 is 0 Å². The molecule has 1 N–H and O–H groups in total. The predicted octanol–water partition coefficient (Wildman–Crippen LogP) is 2.27. The summed E-state index contributed by atoms with van der Waals surface area (Å²) in [7, 11) is 1.42. The number of carbonyl (C=O) groups excluding carboxylic acids is 1. The molecule has 0 aromatic heterocycles. The highest BCUT2D eigenvalue weighted by Gasteiger charge is 2.02. The second-order valence-corrected chi connectivity index (χ2v) is 4.26. The van der Waals surface area contributed by atoms with Gasteiger partial charge in [0.2, 0.25) is 0 Å². The Morgan fingerprint density at radius 2 is 2.00 bits per heavy atom. The van der Waals surface area contributed by atoms with Crippen molar-refractivity contribution >= 4 is 5.97 Å². The van der Waals surface area contributed by atoms with E-state index in [4.69, 9.17) is 4.74 Å². The van der Waals surface area contributed by atoms with Crippen LogP contribution in [-0.4, -0.2) is 26.2 Å². The Balaban J connectivity index is 2.30. The first-order valence-electron chi connectivity index (χ1n) is 6.70. The van der Waals surface area contributed by atoms with Crippen molar-refractivity contribution in [3.63, 3.8) is 0 Å². The molecule has 0 aliphatic rings. The molecule has 0 spiro atoms. The molecule has 1 aromatic rings. The number of methoxy groups -OCH3 is 1. The van der Waals surface area contributed by atoms with Gasteiger partial charge >= 0.3 is 5.97 Å². The molecule has 0 aliphatic heterocycles. The van der Waals surface area contributed by atoms with Crippen LogP contribution in [0.15, 0.2) is 24.3 Å². The lowest BCUT2D eigenvalue weighted by atomic mass is 10.1. The van der Waals surface area contributed by atoms with Gasteiger partial charge in [-0.05, 0) is 31.0 Å². The van der Waals surface area contributed by atoms with Crippen molar-refractivity contribution in [1.82, 2.24) is 5.32 Å². The van der Waals surface area contributed by atoms with Crippen LogP contribution in [0.3, 0.4) is 0 Å². The number of esters is 1. The van der Waals surface area contributed by atoms with Gasteiger partial charge in [0.25, 0.3) is 0 Å². The average molecular weight is 265 g/mol. The second-order valence-electron chi connectivity index (χ2n) is 4.26. The maximum Gasteiger partial charge on any atom is 0.305 e. The molecule has 0 fully saturated rings. The Bertz CT molecular complexity index is 379. The largest absolute Gasteiger partial charge is 0.469 e. The minimum Gasteiger partial charge on any atom is -0.469 e. The van der Waals surface area contributed by atoms with E-state index in [1.54, 1.807) is 0 Å². The zero-order valence-electron chi connectivity index (χ0n) is 11.8. The minimum absolute atomic E-state index is 0.154. The van der Waals surface area contributed by atoms with Gasteiger partial charge in [-0.3, -0.25) is 4.79 Å². The van der Waals surface area contributed by atoms with Gasteiger partial charge in [0.15, 0.2) is 0 Å². The zero-order valence-corrected chi connectivity index (χ0v) is 11.8. The fourth-order valence-corrected chi connectivity index (χ4v) is 1.77. The lowest BCUT2D eigenvalue weighted by molar-refractivity contribution is -0.140. The lowest BCUT2D eigenvalue weighted by Gasteiger charge is -2.10. The van der Waals surface area contributed by atoms with Crippen LogP contribution in [-0.2, 0) is 27.4 Å². The second kappa shape index (κ2) is 9.53. The van der Waals surface area contributed by atoms with Crippen molar-refractivity contribution in [3.05, 3.63) is 35.4 Å². The van der Waals surface area contributed by atoms with Crippen LogP contribution in [0.2, 0.25) is 0 Å². The van der Waals surface area contributed by atoms with Gasteiger partial charge in [0, 0.05) is 19.6 Å². The van der Waals surface area contributed by atoms with Crippen LogP contribution in [0, 0.1) is 0 Å². The molecule has 0 saturated carbocycles. The van der Waals surface area contributed by atoms with Gasteiger partial charge in [-0.1, -0.05) is 24.3 Å². The molecule has 0 amide bonds. The zero-order chi connectivity index (χ0) is 13.9. The number of rotatable bonds is 9. The molecule has 0 heterocycles. The molecule has 0 atom stereocenters. The number of hydrogen-bond donors (Lipinski definition) is 1. The van der Waals surface area contributed by atoms with Gasteiger partial charge in [-0.25, -0.2) is 0 Å². The normalized spacial score (nSPS) is 10.4. The molecule has 106 valence electrons. The molecule has 0 unspecified atom stereocenters. The van der Waals surface area contributed by atoms with Crippen LogP contribution in [0.5, 0.6) is 0 Å². The molecule has 4 heteroatoms. The summed E-state index contributed by atoms with van der Waals surface area (Å²) >= 11 is 0. The van der Waals surface area contributed by atoms with Gasteiger partial charge in [-0.2, -0.15) is 0 Å². The van der Waals surface area contributed by atoms with Crippen LogP contribution in [0.25, 0.3) is 0 Å². The van der Waals surface area contributed by atoms with E-state index in [1.165, 1.54) is 18.2 Å². The van der Waals surface area contributed by atoms with Gasteiger partial charge in [0.05, 0.1) is 13.7 Å². The quantitative estimate of drug-likeness (QED) is 0.549. The van der Waals surface area contributed by atoms with Crippen molar-refractivity contribution in [2.75, 3.05) is 20.3 Å². The SMILES string of the molecule is CCOCc1ccccc1CNCCCC(=O)OC. The lowest BCUT2D eigenvalue weighted by Crippen LogP contribution is -2.17. The highest BCUT2D eigenvalue weighted by atomic mass is 16.5. The average Bonchev–Trinajstić information content (AvgIpc) is 2.45. The summed E-state index contributed by atoms with van der Waals surface area (Å²) < 4.78 is 10.0. The Morgan fingerprint density at radius 1 is 1.26 bits per heavy atom. The summed E-state index contributed by atoms with van der Waals surface area (Å²) in [4.78, 5) is 11.0. The van der Waals surface area contributed by atoms with Gasteiger partial charge in [-0.15, -0.1) is 0 Å². The van der Waals surface area contributed by atoms with Crippen LogP contribution in [0.1, 0.15) is 30.9 Å². The highest BCUT2D eigenvalue weighted by Crippen LogP contribution is 2.10. The maximum absolute atomic E-state index is 11.0. The van der Waals surface area contributed by atoms with Crippen molar-refractivity contribution in [1.29, 1.82) is 0 Å². The highest BCUT2D eigenvalue weighted by molar-refractivity contribution is 5.69.